The van der Waals surface area contributed by atoms with Crippen molar-refractivity contribution in [3.8, 4) is 0 Å². The average Bonchev–Trinajstić information content (AvgIpc) is 2.45. The van der Waals surface area contributed by atoms with Crippen LogP contribution in [-0.2, 0) is 0 Å². The smallest absolute Gasteiger partial charge is 0.0994 e. The highest BCUT2D eigenvalue weighted by Crippen LogP contribution is 2.10. The number of aryl methyl sites for hydroxylation is 2. The lowest BCUT2D eigenvalue weighted by atomic mass is 10.2. The Morgan fingerprint density at radius 3 is 2.82 bits per heavy atom. The minimum atomic E-state index is 1.20. The maximum absolute atomic E-state index is 4.09. The van der Waals surface area contributed by atoms with E-state index in [2.05, 4.69) is 35.4 Å². The molecule has 0 N–H and O–H groups in total. The van der Waals surface area contributed by atoms with Crippen molar-refractivity contribution in [3.63, 3.8) is 0 Å². The van der Waals surface area contributed by atoms with E-state index in [4.69, 9.17) is 0 Å². The highest BCUT2D eigenvalue weighted by Gasteiger charge is 1.97. The van der Waals surface area contributed by atoms with Crippen molar-refractivity contribution in [2.24, 2.45) is 0 Å². The number of pyridine rings is 1. The molecule has 2 heterocycles. The molecule has 0 aliphatic heterocycles. The number of fused-ring (bicyclic) bond motifs is 1. The van der Waals surface area contributed by atoms with Crippen LogP contribution in [0.2, 0.25) is 0 Å². The molecule has 11 heavy (non-hydrogen) atoms. The van der Waals surface area contributed by atoms with Gasteiger partial charge < -0.3 is 4.40 Å². The van der Waals surface area contributed by atoms with Gasteiger partial charge in [0.15, 0.2) is 0 Å². The molecule has 0 amide bonds. The van der Waals surface area contributed by atoms with Crippen LogP contribution in [0, 0.1) is 13.8 Å². The fourth-order valence-corrected chi connectivity index (χ4v) is 1.28. The van der Waals surface area contributed by atoms with Gasteiger partial charge in [0.1, 0.15) is 0 Å². The predicted molar refractivity (Wildman–Crippen MR) is 44.7 cm³/mol. The van der Waals surface area contributed by atoms with Crippen LogP contribution in [0.1, 0.15) is 11.3 Å². The highest BCUT2D eigenvalue weighted by molar-refractivity contribution is 5.53. The van der Waals surface area contributed by atoms with Gasteiger partial charge in [-0.3, -0.25) is 0 Å². The summed E-state index contributed by atoms with van der Waals surface area (Å²) in [6, 6.07) is 4.22. The summed E-state index contributed by atoms with van der Waals surface area (Å²) in [5.41, 5.74) is 3.70. The molecule has 0 bridgehead atoms. The molecule has 2 aromatic heterocycles. The Kier molecular flexibility index (Phi) is 1.22. The van der Waals surface area contributed by atoms with Crippen molar-refractivity contribution in [2.45, 2.75) is 13.8 Å². The first-order chi connectivity index (χ1) is 5.29. The van der Waals surface area contributed by atoms with Crippen LogP contribution in [0.5, 0.6) is 0 Å². The standard InChI is InChI=1S/C9H10N2/c1-7-3-4-8(2)11-6-10-5-9(7)11/h3-6H,1-2H3. The number of imidazole rings is 1. The molecule has 2 nitrogen and oxygen atoms in total. The van der Waals surface area contributed by atoms with E-state index in [0.29, 0.717) is 0 Å². The van der Waals surface area contributed by atoms with Crippen LogP contribution in [0.4, 0.5) is 0 Å². The average molecular weight is 146 g/mol. The number of aromatic nitrogens is 2. The number of nitrogens with zero attached hydrogens (tertiary/aromatic N) is 2. The van der Waals surface area contributed by atoms with Gasteiger partial charge in [0.2, 0.25) is 0 Å². The van der Waals surface area contributed by atoms with E-state index in [1.807, 2.05) is 12.5 Å². The zero-order valence-electron chi connectivity index (χ0n) is 6.70. The largest absolute Gasteiger partial charge is 0.303 e. The maximum atomic E-state index is 4.09. The van der Waals surface area contributed by atoms with Crippen molar-refractivity contribution >= 4 is 5.52 Å². The summed E-state index contributed by atoms with van der Waals surface area (Å²) in [5.74, 6) is 0. The van der Waals surface area contributed by atoms with Gasteiger partial charge in [0.05, 0.1) is 18.0 Å². The summed E-state index contributed by atoms with van der Waals surface area (Å²) in [7, 11) is 0. The zero-order chi connectivity index (χ0) is 7.84. The summed E-state index contributed by atoms with van der Waals surface area (Å²) >= 11 is 0. The normalized spacial score (nSPS) is 10.7. The van der Waals surface area contributed by atoms with E-state index in [0.717, 1.165) is 0 Å². The first-order valence-electron chi connectivity index (χ1n) is 3.67. The van der Waals surface area contributed by atoms with Crippen LogP contribution in [-0.4, -0.2) is 9.38 Å². The first-order valence-corrected chi connectivity index (χ1v) is 3.67. The number of hydrogen-bond donors (Lipinski definition) is 0. The van der Waals surface area contributed by atoms with Gasteiger partial charge in [-0.25, -0.2) is 4.98 Å². The predicted octanol–water partition coefficient (Wildman–Crippen LogP) is 1.95. The highest BCUT2D eigenvalue weighted by atomic mass is 15.0. The van der Waals surface area contributed by atoms with Gasteiger partial charge in [0.25, 0.3) is 0 Å². The molecule has 0 saturated heterocycles. The van der Waals surface area contributed by atoms with Crippen LogP contribution in [0.15, 0.2) is 24.7 Å². The third-order valence-corrected chi connectivity index (χ3v) is 2.00. The Morgan fingerprint density at radius 2 is 2.09 bits per heavy atom. The van der Waals surface area contributed by atoms with Crippen LogP contribution < -0.4 is 0 Å². The fraction of sp³-hybridized carbons (Fsp3) is 0.222. The molecule has 0 atom stereocenters. The lowest BCUT2D eigenvalue weighted by molar-refractivity contribution is 1.07. The molecule has 2 rings (SSSR count). The quantitative estimate of drug-likeness (QED) is 0.555. The van der Waals surface area contributed by atoms with Gasteiger partial charge in [-0.2, -0.15) is 0 Å². The number of rotatable bonds is 0. The lowest BCUT2D eigenvalue weighted by Gasteiger charge is -2.00. The third-order valence-electron chi connectivity index (χ3n) is 2.00. The molecular formula is C9H10N2. The van der Waals surface area contributed by atoms with Crippen LogP contribution >= 0.6 is 0 Å². The molecule has 0 aliphatic rings. The Balaban J connectivity index is 2.96. The summed E-state index contributed by atoms with van der Waals surface area (Å²) in [6.45, 7) is 4.17. The SMILES string of the molecule is Cc1ccc(C)n2cncc12. The molecule has 2 heteroatoms. The molecule has 0 aromatic carbocycles. The van der Waals surface area contributed by atoms with Crippen molar-refractivity contribution in [2.75, 3.05) is 0 Å². The minimum absolute atomic E-state index is 1.20. The molecule has 0 radical (unpaired) electrons. The van der Waals surface area contributed by atoms with Crippen LogP contribution in [0.3, 0.4) is 0 Å². The second kappa shape index (κ2) is 2.09. The molecule has 56 valence electrons. The number of hydrogen-bond acceptors (Lipinski definition) is 1. The van der Waals surface area contributed by atoms with Gasteiger partial charge in [-0.1, -0.05) is 6.07 Å². The zero-order valence-corrected chi connectivity index (χ0v) is 6.70. The van der Waals surface area contributed by atoms with E-state index in [1.54, 1.807) is 0 Å². The summed E-state index contributed by atoms with van der Waals surface area (Å²) < 4.78 is 2.09. The van der Waals surface area contributed by atoms with Crippen molar-refractivity contribution in [3.05, 3.63) is 35.9 Å². The minimum Gasteiger partial charge on any atom is -0.303 e. The molecule has 0 spiro atoms. The summed E-state index contributed by atoms with van der Waals surface area (Å²) in [6.07, 6.45) is 3.74. The molecular weight excluding hydrogens is 136 g/mol. The van der Waals surface area contributed by atoms with Gasteiger partial charge in [-0.05, 0) is 25.5 Å². The Hall–Kier alpha value is -1.31. The molecule has 0 unspecified atom stereocenters. The Morgan fingerprint density at radius 1 is 1.27 bits per heavy atom. The van der Waals surface area contributed by atoms with Crippen molar-refractivity contribution in [1.29, 1.82) is 0 Å². The molecule has 0 aliphatic carbocycles. The fourth-order valence-electron chi connectivity index (χ4n) is 1.28. The molecule has 0 saturated carbocycles. The van der Waals surface area contributed by atoms with E-state index >= 15 is 0 Å². The first kappa shape index (κ1) is 6.40. The summed E-state index contributed by atoms with van der Waals surface area (Å²) in [4.78, 5) is 4.09. The van der Waals surface area contributed by atoms with Crippen molar-refractivity contribution in [1.82, 2.24) is 9.38 Å². The lowest BCUT2D eigenvalue weighted by Crippen LogP contribution is -1.89. The molecule has 0 fully saturated rings. The Bertz CT molecular complexity index is 351. The van der Waals surface area contributed by atoms with E-state index in [9.17, 15) is 0 Å². The summed E-state index contributed by atoms with van der Waals surface area (Å²) in [5, 5.41) is 0. The third kappa shape index (κ3) is 0.827. The molecule has 2 aromatic rings. The van der Waals surface area contributed by atoms with Crippen LogP contribution in [0.25, 0.3) is 5.52 Å². The topological polar surface area (TPSA) is 17.3 Å². The van der Waals surface area contributed by atoms with E-state index in [-0.39, 0.29) is 0 Å². The van der Waals surface area contributed by atoms with Crippen molar-refractivity contribution < 1.29 is 0 Å². The van der Waals surface area contributed by atoms with Gasteiger partial charge >= 0.3 is 0 Å². The maximum Gasteiger partial charge on any atom is 0.0994 e. The van der Waals surface area contributed by atoms with Gasteiger partial charge in [0, 0.05) is 5.69 Å². The monoisotopic (exact) mass is 146 g/mol. The van der Waals surface area contributed by atoms with E-state index in [1.165, 1.54) is 16.8 Å². The second-order valence-electron chi connectivity index (χ2n) is 2.81. The Labute approximate surface area is 65.5 Å². The second-order valence-corrected chi connectivity index (χ2v) is 2.81. The van der Waals surface area contributed by atoms with Gasteiger partial charge in [-0.15, -0.1) is 0 Å². The van der Waals surface area contributed by atoms with E-state index < -0.39 is 0 Å².